The molecule has 1 heterocycles. The van der Waals surface area contributed by atoms with Crippen LogP contribution in [0.5, 0.6) is 0 Å². The van der Waals surface area contributed by atoms with E-state index in [1.165, 1.54) is 0 Å². The molecule has 54 valence electrons. The van der Waals surface area contributed by atoms with Gasteiger partial charge in [0.1, 0.15) is 0 Å². The first-order valence-electron chi connectivity index (χ1n) is 3.51. The number of rotatable bonds is 0. The van der Waals surface area contributed by atoms with Gasteiger partial charge in [0.05, 0.1) is 5.69 Å². The molecule has 0 unspecified atom stereocenters. The van der Waals surface area contributed by atoms with Crippen LogP contribution in [0.25, 0.3) is 6.08 Å². The van der Waals surface area contributed by atoms with Crippen molar-refractivity contribution in [3.63, 3.8) is 0 Å². The molecule has 0 aromatic carbocycles. The number of ketones is 1. The second-order valence-electron chi connectivity index (χ2n) is 2.52. The Hall–Kier alpha value is -1.44. The van der Waals surface area contributed by atoms with Crippen molar-refractivity contribution in [2.75, 3.05) is 0 Å². The average Bonchev–Trinajstić information content (AvgIpc) is 2.04. The van der Waals surface area contributed by atoms with Gasteiger partial charge in [-0.25, -0.2) is 0 Å². The van der Waals surface area contributed by atoms with E-state index in [1.807, 2.05) is 12.1 Å². The van der Waals surface area contributed by atoms with E-state index in [4.69, 9.17) is 0 Å². The molecule has 2 heteroatoms. The minimum atomic E-state index is 0.158. The molecule has 1 aliphatic carbocycles. The quantitative estimate of drug-likeness (QED) is 0.549. The Balaban J connectivity index is 2.54. The van der Waals surface area contributed by atoms with Gasteiger partial charge >= 0.3 is 0 Å². The highest BCUT2D eigenvalue weighted by molar-refractivity contribution is 5.97. The zero-order valence-corrected chi connectivity index (χ0v) is 5.95. The van der Waals surface area contributed by atoms with Crippen LogP contribution in [0.4, 0.5) is 0 Å². The largest absolute Gasteiger partial charge is 0.294 e. The number of pyridine rings is 1. The summed E-state index contributed by atoms with van der Waals surface area (Å²) in [5.41, 5.74) is 1.95. The zero-order valence-electron chi connectivity index (χ0n) is 5.95. The van der Waals surface area contributed by atoms with Gasteiger partial charge in [0.2, 0.25) is 0 Å². The van der Waals surface area contributed by atoms with Gasteiger partial charge < -0.3 is 0 Å². The number of fused-ring (bicyclic) bond motifs is 1. The Morgan fingerprint density at radius 2 is 2.27 bits per heavy atom. The van der Waals surface area contributed by atoms with Gasteiger partial charge in [0.15, 0.2) is 5.78 Å². The maximum atomic E-state index is 10.9. The number of aromatic nitrogens is 1. The van der Waals surface area contributed by atoms with Crippen LogP contribution in [0.3, 0.4) is 0 Å². The lowest BCUT2D eigenvalue weighted by Gasteiger charge is -2.06. The summed E-state index contributed by atoms with van der Waals surface area (Å²) in [6, 6.07) is 3.79. The minimum absolute atomic E-state index is 0.158. The molecule has 2 nitrogen and oxygen atoms in total. The Bertz CT molecular complexity index is 328. The molecule has 2 rings (SSSR count). The number of carbonyl (C=O) groups excluding carboxylic acids is 1. The standard InChI is InChI=1S/C9H7NO/c11-8-3-4-9-7(6-8)2-1-5-10-9/h1-5H,6H2. The lowest BCUT2D eigenvalue weighted by molar-refractivity contribution is -0.114. The zero-order chi connectivity index (χ0) is 7.68. The highest BCUT2D eigenvalue weighted by Crippen LogP contribution is 2.13. The summed E-state index contributed by atoms with van der Waals surface area (Å²) in [6.07, 6.45) is 5.58. The van der Waals surface area contributed by atoms with Gasteiger partial charge in [0.25, 0.3) is 0 Å². The molecular formula is C9H7NO. The van der Waals surface area contributed by atoms with Crippen molar-refractivity contribution in [1.29, 1.82) is 0 Å². The number of hydrogen-bond acceptors (Lipinski definition) is 2. The fourth-order valence-electron chi connectivity index (χ4n) is 1.17. The molecule has 0 fully saturated rings. The highest BCUT2D eigenvalue weighted by atomic mass is 16.1. The molecule has 0 spiro atoms. The molecule has 0 saturated heterocycles. The third-order valence-corrected chi connectivity index (χ3v) is 1.72. The summed E-state index contributed by atoms with van der Waals surface area (Å²) >= 11 is 0. The predicted molar refractivity (Wildman–Crippen MR) is 42.0 cm³/mol. The van der Waals surface area contributed by atoms with Crippen LogP contribution in [0.2, 0.25) is 0 Å². The van der Waals surface area contributed by atoms with Crippen LogP contribution >= 0.6 is 0 Å². The first-order chi connectivity index (χ1) is 5.36. The van der Waals surface area contributed by atoms with Gasteiger partial charge in [-0.2, -0.15) is 0 Å². The van der Waals surface area contributed by atoms with E-state index in [0.717, 1.165) is 11.3 Å². The Morgan fingerprint density at radius 1 is 1.36 bits per heavy atom. The fourth-order valence-corrected chi connectivity index (χ4v) is 1.17. The molecular weight excluding hydrogens is 138 g/mol. The first-order valence-corrected chi connectivity index (χ1v) is 3.51. The van der Waals surface area contributed by atoms with Crippen molar-refractivity contribution in [2.45, 2.75) is 6.42 Å². The second-order valence-corrected chi connectivity index (χ2v) is 2.52. The molecule has 11 heavy (non-hydrogen) atoms. The Morgan fingerprint density at radius 3 is 3.18 bits per heavy atom. The maximum Gasteiger partial charge on any atom is 0.160 e. The Labute approximate surface area is 64.6 Å². The summed E-state index contributed by atoms with van der Waals surface area (Å²) in [5, 5.41) is 0. The van der Waals surface area contributed by atoms with Gasteiger partial charge in [-0.15, -0.1) is 0 Å². The molecule has 0 aliphatic heterocycles. The molecule has 1 aromatic rings. The van der Waals surface area contributed by atoms with Gasteiger partial charge in [0, 0.05) is 12.6 Å². The summed E-state index contributed by atoms with van der Waals surface area (Å²) in [6.45, 7) is 0. The molecule has 0 saturated carbocycles. The number of hydrogen-bond donors (Lipinski definition) is 0. The second kappa shape index (κ2) is 2.31. The first kappa shape index (κ1) is 6.28. The summed E-state index contributed by atoms with van der Waals surface area (Å²) in [7, 11) is 0. The molecule has 1 aliphatic rings. The number of allylic oxidation sites excluding steroid dienone is 1. The summed E-state index contributed by atoms with van der Waals surface area (Å²) < 4.78 is 0. The lowest BCUT2D eigenvalue weighted by Crippen LogP contribution is -2.05. The van der Waals surface area contributed by atoms with Crippen molar-refractivity contribution in [3.05, 3.63) is 35.7 Å². The van der Waals surface area contributed by atoms with Crippen LogP contribution in [-0.2, 0) is 11.2 Å². The minimum Gasteiger partial charge on any atom is -0.294 e. The van der Waals surface area contributed by atoms with Crippen molar-refractivity contribution < 1.29 is 4.79 Å². The molecule has 0 amide bonds. The summed E-state index contributed by atoms with van der Waals surface area (Å²) in [5.74, 6) is 0.158. The third kappa shape index (κ3) is 1.07. The van der Waals surface area contributed by atoms with E-state index < -0.39 is 0 Å². The van der Waals surface area contributed by atoms with E-state index in [-0.39, 0.29) is 5.78 Å². The smallest absolute Gasteiger partial charge is 0.160 e. The monoisotopic (exact) mass is 145 g/mol. The SMILES string of the molecule is O=C1C=Cc2ncccc2C1. The van der Waals surface area contributed by atoms with Gasteiger partial charge in [-0.05, 0) is 23.8 Å². The molecule has 0 N–H and O–H groups in total. The van der Waals surface area contributed by atoms with Crippen LogP contribution in [0.1, 0.15) is 11.3 Å². The fraction of sp³-hybridized carbons (Fsp3) is 0.111. The molecule has 0 radical (unpaired) electrons. The number of nitrogens with zero attached hydrogens (tertiary/aromatic N) is 1. The third-order valence-electron chi connectivity index (χ3n) is 1.72. The van der Waals surface area contributed by atoms with Crippen molar-refractivity contribution >= 4 is 11.9 Å². The predicted octanol–water partition coefficient (Wildman–Crippen LogP) is 1.22. The van der Waals surface area contributed by atoms with Gasteiger partial charge in [-0.1, -0.05) is 6.07 Å². The maximum absolute atomic E-state index is 10.9. The molecule has 0 bridgehead atoms. The topological polar surface area (TPSA) is 30.0 Å². The van der Waals surface area contributed by atoms with Crippen molar-refractivity contribution in [3.8, 4) is 0 Å². The van der Waals surface area contributed by atoms with Crippen molar-refractivity contribution in [2.24, 2.45) is 0 Å². The van der Waals surface area contributed by atoms with Crippen LogP contribution < -0.4 is 0 Å². The number of carbonyl (C=O) groups is 1. The molecule has 0 atom stereocenters. The van der Waals surface area contributed by atoms with Crippen LogP contribution in [0, 0.1) is 0 Å². The summed E-state index contributed by atoms with van der Waals surface area (Å²) in [4.78, 5) is 15.0. The normalized spacial score (nSPS) is 14.7. The van der Waals surface area contributed by atoms with E-state index in [9.17, 15) is 4.79 Å². The van der Waals surface area contributed by atoms with Crippen LogP contribution in [-0.4, -0.2) is 10.8 Å². The van der Waals surface area contributed by atoms with E-state index in [0.29, 0.717) is 6.42 Å². The highest BCUT2D eigenvalue weighted by Gasteiger charge is 2.09. The van der Waals surface area contributed by atoms with E-state index >= 15 is 0 Å². The Kier molecular flexibility index (Phi) is 1.32. The van der Waals surface area contributed by atoms with Crippen LogP contribution in [0.15, 0.2) is 24.4 Å². The average molecular weight is 145 g/mol. The van der Waals surface area contributed by atoms with Gasteiger partial charge in [-0.3, -0.25) is 9.78 Å². The van der Waals surface area contributed by atoms with E-state index in [1.54, 1.807) is 18.3 Å². The van der Waals surface area contributed by atoms with Crippen molar-refractivity contribution in [1.82, 2.24) is 4.98 Å². The van der Waals surface area contributed by atoms with E-state index in [2.05, 4.69) is 4.98 Å². The molecule has 1 aromatic heterocycles. The lowest BCUT2D eigenvalue weighted by atomic mass is 10.0.